The average Bonchev–Trinajstić information content (AvgIpc) is 2.27. The Morgan fingerprint density at radius 1 is 1.62 bits per heavy atom. The zero-order valence-electron chi connectivity index (χ0n) is 8.51. The Morgan fingerprint density at radius 2 is 2.31 bits per heavy atom. The van der Waals surface area contributed by atoms with E-state index in [0.29, 0.717) is 5.69 Å². The van der Waals surface area contributed by atoms with E-state index in [1.54, 1.807) is 6.07 Å². The van der Waals surface area contributed by atoms with Crippen LogP contribution in [0.25, 0.3) is 0 Å². The van der Waals surface area contributed by atoms with Gasteiger partial charge in [-0.1, -0.05) is 0 Å². The molecule has 3 nitrogen and oxygen atoms in total. The lowest BCUT2D eigenvalue weighted by Crippen LogP contribution is -2.04. The summed E-state index contributed by atoms with van der Waals surface area (Å²) in [7, 11) is 1.29. The van der Waals surface area contributed by atoms with E-state index in [1.807, 2.05) is 0 Å². The third-order valence-corrected chi connectivity index (χ3v) is 2.25. The van der Waals surface area contributed by atoms with Crippen LogP contribution in [0.3, 0.4) is 0 Å². The number of methoxy groups -OCH3 is 1. The van der Waals surface area contributed by atoms with Crippen molar-refractivity contribution in [1.82, 2.24) is 4.98 Å². The maximum absolute atomic E-state index is 12.8. The monoisotopic (exact) mass is 246 g/mol. The fourth-order valence-corrected chi connectivity index (χ4v) is 1.45. The van der Waals surface area contributed by atoms with Gasteiger partial charge in [0.1, 0.15) is 5.75 Å². The molecule has 0 bridgehead atoms. The zero-order valence-corrected chi connectivity index (χ0v) is 9.26. The van der Waals surface area contributed by atoms with E-state index >= 15 is 0 Å². The van der Waals surface area contributed by atoms with Crippen LogP contribution < -0.4 is 4.74 Å². The second-order valence-corrected chi connectivity index (χ2v) is 3.21. The smallest absolute Gasteiger partial charge is 0.269 e. The van der Waals surface area contributed by atoms with Crippen molar-refractivity contribution in [3.8, 4) is 11.8 Å². The minimum atomic E-state index is -2.73. The Hall–Kier alpha value is -1.41. The van der Waals surface area contributed by atoms with Crippen LogP contribution in [0.1, 0.15) is 23.4 Å². The van der Waals surface area contributed by atoms with Crippen molar-refractivity contribution in [2.75, 3.05) is 7.11 Å². The van der Waals surface area contributed by atoms with Gasteiger partial charge in [-0.2, -0.15) is 5.26 Å². The topological polar surface area (TPSA) is 45.9 Å². The summed E-state index contributed by atoms with van der Waals surface area (Å²) in [5.41, 5.74) is 0.0959. The molecule has 6 heteroatoms. The molecule has 1 rings (SSSR count). The molecule has 0 aromatic carbocycles. The van der Waals surface area contributed by atoms with Gasteiger partial charge in [0.25, 0.3) is 6.43 Å². The second-order valence-electron chi connectivity index (χ2n) is 2.95. The van der Waals surface area contributed by atoms with Crippen molar-refractivity contribution in [3.05, 3.63) is 23.0 Å². The van der Waals surface area contributed by atoms with Crippen LogP contribution in [0, 0.1) is 11.3 Å². The summed E-state index contributed by atoms with van der Waals surface area (Å²) in [6.07, 6.45) is -2.92. The molecule has 0 saturated carbocycles. The number of nitrogens with zero attached hydrogens (tertiary/aromatic N) is 2. The van der Waals surface area contributed by atoms with Crippen molar-refractivity contribution < 1.29 is 13.5 Å². The van der Waals surface area contributed by atoms with Gasteiger partial charge < -0.3 is 4.74 Å². The van der Waals surface area contributed by atoms with E-state index in [1.165, 1.54) is 13.2 Å². The summed E-state index contributed by atoms with van der Waals surface area (Å²) >= 11 is 5.57. The molecule has 0 aliphatic carbocycles. The van der Waals surface area contributed by atoms with Crippen LogP contribution in [0.2, 0.25) is 0 Å². The van der Waals surface area contributed by atoms with Crippen molar-refractivity contribution >= 4 is 11.6 Å². The molecule has 1 heterocycles. The highest BCUT2D eigenvalue weighted by Crippen LogP contribution is 2.32. The number of hydrogen-bond acceptors (Lipinski definition) is 3. The Labute approximate surface area is 96.6 Å². The van der Waals surface area contributed by atoms with E-state index in [-0.39, 0.29) is 29.3 Å². The zero-order chi connectivity index (χ0) is 12.1. The minimum Gasteiger partial charge on any atom is -0.496 e. The number of alkyl halides is 3. The number of ether oxygens (including phenoxy) is 1. The predicted molar refractivity (Wildman–Crippen MR) is 54.6 cm³/mol. The quantitative estimate of drug-likeness (QED) is 0.768. The highest BCUT2D eigenvalue weighted by atomic mass is 35.5. The summed E-state index contributed by atoms with van der Waals surface area (Å²) in [6, 6.07) is 3.14. The molecule has 1 aromatic rings. The summed E-state index contributed by atoms with van der Waals surface area (Å²) in [5.74, 6) is 0.101. The van der Waals surface area contributed by atoms with Crippen LogP contribution in [0.4, 0.5) is 8.78 Å². The van der Waals surface area contributed by atoms with Gasteiger partial charge in [-0.3, -0.25) is 4.98 Å². The molecule has 16 heavy (non-hydrogen) atoms. The largest absolute Gasteiger partial charge is 0.496 e. The first-order valence-corrected chi connectivity index (χ1v) is 4.95. The van der Waals surface area contributed by atoms with E-state index in [0.717, 1.165) is 0 Å². The Morgan fingerprint density at radius 3 is 2.75 bits per heavy atom. The number of aromatic nitrogens is 1. The summed E-state index contributed by atoms with van der Waals surface area (Å²) in [6.45, 7) is 0. The third-order valence-electron chi connectivity index (χ3n) is 1.97. The molecule has 0 N–H and O–H groups in total. The van der Waals surface area contributed by atoms with Crippen LogP contribution in [0.5, 0.6) is 5.75 Å². The lowest BCUT2D eigenvalue weighted by atomic mass is 10.1. The minimum absolute atomic E-state index is 0.0194. The average molecular weight is 247 g/mol. The highest BCUT2D eigenvalue weighted by Gasteiger charge is 2.21. The van der Waals surface area contributed by atoms with Crippen molar-refractivity contribution in [3.63, 3.8) is 0 Å². The van der Waals surface area contributed by atoms with E-state index in [4.69, 9.17) is 21.6 Å². The van der Waals surface area contributed by atoms with Gasteiger partial charge in [-0.25, -0.2) is 8.78 Å². The summed E-state index contributed by atoms with van der Waals surface area (Å²) < 4.78 is 30.4. The number of pyridine rings is 1. The predicted octanol–water partition coefficient (Wildman–Crippen LogP) is 2.83. The summed E-state index contributed by atoms with van der Waals surface area (Å²) in [4.78, 5) is 3.90. The normalized spacial score (nSPS) is 10.2. The molecule has 0 saturated heterocycles. The van der Waals surface area contributed by atoms with E-state index in [9.17, 15) is 8.78 Å². The first kappa shape index (κ1) is 12.7. The van der Waals surface area contributed by atoms with E-state index in [2.05, 4.69) is 4.98 Å². The Kier molecular flexibility index (Phi) is 4.44. The molecule has 86 valence electrons. The van der Waals surface area contributed by atoms with Crippen molar-refractivity contribution in [2.24, 2.45) is 0 Å². The van der Waals surface area contributed by atoms with Gasteiger partial charge in [-0.05, 0) is 0 Å². The first-order valence-electron chi connectivity index (χ1n) is 4.41. The number of halogens is 3. The first-order chi connectivity index (χ1) is 7.63. The molecule has 1 aromatic heterocycles. The number of hydrogen-bond donors (Lipinski definition) is 0. The fraction of sp³-hybridized carbons (Fsp3) is 0.400. The second kappa shape index (κ2) is 5.61. The standard InChI is InChI=1S/C10H9ClF2N2O/c1-16-8-4-6(5-11)15-7(2-3-14)9(8)10(12)13/h4,10H,2,5H2,1H3. The summed E-state index contributed by atoms with van der Waals surface area (Å²) in [5, 5.41) is 8.54. The van der Waals surface area contributed by atoms with Crippen molar-refractivity contribution in [2.45, 2.75) is 18.7 Å². The fourth-order valence-electron chi connectivity index (χ4n) is 1.32. The van der Waals surface area contributed by atoms with E-state index < -0.39 is 6.43 Å². The van der Waals surface area contributed by atoms with Gasteiger partial charge in [0.15, 0.2) is 0 Å². The molecule has 0 aliphatic heterocycles. The lowest BCUT2D eigenvalue weighted by Gasteiger charge is -2.12. The van der Waals surface area contributed by atoms with Gasteiger partial charge in [0.2, 0.25) is 0 Å². The molecule has 0 radical (unpaired) electrons. The molecular formula is C10H9ClF2N2O. The van der Waals surface area contributed by atoms with Gasteiger partial charge >= 0.3 is 0 Å². The molecule has 0 aliphatic rings. The lowest BCUT2D eigenvalue weighted by molar-refractivity contribution is 0.145. The molecule has 0 spiro atoms. The highest BCUT2D eigenvalue weighted by molar-refractivity contribution is 6.16. The number of nitriles is 1. The number of rotatable bonds is 4. The maximum atomic E-state index is 12.8. The Balaban J connectivity index is 3.36. The van der Waals surface area contributed by atoms with Crippen LogP contribution in [0.15, 0.2) is 6.07 Å². The molecule has 0 atom stereocenters. The van der Waals surface area contributed by atoms with Crippen molar-refractivity contribution in [1.29, 1.82) is 5.26 Å². The third kappa shape index (κ3) is 2.58. The van der Waals surface area contributed by atoms with Gasteiger partial charge in [-0.15, -0.1) is 11.6 Å². The molecular weight excluding hydrogens is 238 g/mol. The van der Waals surface area contributed by atoms with Crippen LogP contribution in [-0.2, 0) is 12.3 Å². The van der Waals surface area contributed by atoms with Gasteiger partial charge in [0.05, 0.1) is 42.4 Å². The Bertz CT molecular complexity index is 418. The van der Waals surface area contributed by atoms with Crippen LogP contribution in [-0.4, -0.2) is 12.1 Å². The molecule has 0 fully saturated rings. The van der Waals surface area contributed by atoms with Gasteiger partial charge in [0, 0.05) is 6.07 Å². The maximum Gasteiger partial charge on any atom is 0.269 e. The van der Waals surface area contributed by atoms with Crippen LogP contribution >= 0.6 is 11.6 Å². The SMILES string of the molecule is COc1cc(CCl)nc(CC#N)c1C(F)F. The molecule has 0 unspecified atom stereocenters. The molecule has 0 amide bonds.